The van der Waals surface area contributed by atoms with Crippen LogP contribution in [0.5, 0.6) is 0 Å². The van der Waals surface area contributed by atoms with Crippen molar-refractivity contribution in [2.45, 2.75) is 25.9 Å². The molecule has 1 aliphatic heterocycles. The highest BCUT2D eigenvalue weighted by Crippen LogP contribution is 2.37. The summed E-state index contributed by atoms with van der Waals surface area (Å²) in [5.74, 6) is 1.21. The molecule has 0 unspecified atom stereocenters. The molecule has 0 spiro atoms. The highest BCUT2D eigenvalue weighted by atomic mass is 16.2. The van der Waals surface area contributed by atoms with Crippen molar-refractivity contribution in [3.05, 3.63) is 85.1 Å². The molecule has 192 valence electrons. The minimum atomic E-state index is -0.0863. The summed E-state index contributed by atoms with van der Waals surface area (Å²) in [6.45, 7) is 5.19. The standard InChI is InChI=1S/C28H24N10O/c1-18-15-37(28(39)22-5-3-4-7-31-22)19(2)14-36(18)26-25-21(23-13-30-9-10-32-23)16-38(27(25)35-17-34-26)24-11-20(12-29)6-8-33-24/h3-11,13,16-19H,14-15H2,1-2H3/t18-,19+/m0/s1. The lowest BCUT2D eigenvalue weighted by atomic mass is 10.1. The van der Waals surface area contributed by atoms with E-state index in [1.54, 1.807) is 55.2 Å². The summed E-state index contributed by atoms with van der Waals surface area (Å²) < 4.78 is 1.85. The quantitative estimate of drug-likeness (QED) is 0.353. The molecule has 0 radical (unpaired) electrons. The van der Waals surface area contributed by atoms with Gasteiger partial charge in [-0.05, 0) is 38.1 Å². The number of pyridine rings is 2. The van der Waals surface area contributed by atoms with Gasteiger partial charge in [-0.1, -0.05) is 6.07 Å². The van der Waals surface area contributed by atoms with Gasteiger partial charge in [-0.15, -0.1) is 0 Å². The zero-order valence-electron chi connectivity index (χ0n) is 21.4. The van der Waals surface area contributed by atoms with Crippen molar-refractivity contribution < 1.29 is 4.79 Å². The maximum Gasteiger partial charge on any atom is 0.272 e. The minimum Gasteiger partial charge on any atom is -0.349 e. The van der Waals surface area contributed by atoms with Gasteiger partial charge in [0.2, 0.25) is 0 Å². The Morgan fingerprint density at radius 3 is 2.64 bits per heavy atom. The van der Waals surface area contributed by atoms with Crippen LogP contribution >= 0.6 is 0 Å². The van der Waals surface area contributed by atoms with Crippen molar-refractivity contribution in [2.24, 2.45) is 0 Å². The Morgan fingerprint density at radius 2 is 1.87 bits per heavy atom. The van der Waals surface area contributed by atoms with Crippen LogP contribution in [0, 0.1) is 11.3 Å². The smallest absolute Gasteiger partial charge is 0.272 e. The summed E-state index contributed by atoms with van der Waals surface area (Å²) in [6, 6.07) is 10.8. The first-order chi connectivity index (χ1) is 19.0. The van der Waals surface area contributed by atoms with Gasteiger partial charge >= 0.3 is 0 Å². The van der Waals surface area contributed by atoms with Gasteiger partial charge in [-0.2, -0.15) is 5.26 Å². The number of hydrogen-bond acceptors (Lipinski definition) is 9. The van der Waals surface area contributed by atoms with E-state index in [-0.39, 0.29) is 18.0 Å². The van der Waals surface area contributed by atoms with Gasteiger partial charge < -0.3 is 9.80 Å². The predicted molar refractivity (Wildman–Crippen MR) is 144 cm³/mol. The van der Waals surface area contributed by atoms with E-state index in [1.807, 2.05) is 28.7 Å². The van der Waals surface area contributed by atoms with Gasteiger partial charge in [0.05, 0.1) is 28.9 Å². The number of carbonyl (C=O) groups is 1. The molecule has 0 N–H and O–H groups in total. The Hall–Kier alpha value is -5.24. The van der Waals surface area contributed by atoms with Crippen LogP contribution in [0.2, 0.25) is 0 Å². The van der Waals surface area contributed by atoms with Gasteiger partial charge in [0.25, 0.3) is 5.91 Å². The van der Waals surface area contributed by atoms with Crippen LogP contribution in [-0.2, 0) is 0 Å². The van der Waals surface area contributed by atoms with E-state index in [0.717, 1.165) is 16.8 Å². The number of rotatable bonds is 4. The molecule has 6 rings (SSSR count). The van der Waals surface area contributed by atoms with Crippen LogP contribution in [0.1, 0.15) is 29.9 Å². The number of hydrogen-bond donors (Lipinski definition) is 0. The fourth-order valence-corrected chi connectivity index (χ4v) is 5.03. The lowest BCUT2D eigenvalue weighted by molar-refractivity contribution is 0.0638. The molecule has 1 fully saturated rings. The van der Waals surface area contributed by atoms with Crippen LogP contribution in [0.15, 0.2) is 73.8 Å². The van der Waals surface area contributed by atoms with Crippen LogP contribution in [-0.4, -0.2) is 70.5 Å². The number of aromatic nitrogens is 7. The highest BCUT2D eigenvalue weighted by molar-refractivity contribution is 6.01. The SMILES string of the molecule is C[C@@H]1CN(c2ncnc3c2c(-c2cnccn2)cn3-c2cc(C#N)ccn2)[C@@H](C)CN1C(=O)c1ccccn1. The fraction of sp³-hybridized carbons (Fsp3) is 0.214. The van der Waals surface area contributed by atoms with Gasteiger partial charge in [0.15, 0.2) is 5.65 Å². The topological polar surface area (TPSA) is 130 Å². The summed E-state index contributed by atoms with van der Waals surface area (Å²) in [4.78, 5) is 44.2. The second-order valence-electron chi connectivity index (χ2n) is 9.44. The monoisotopic (exact) mass is 516 g/mol. The molecule has 1 saturated heterocycles. The van der Waals surface area contributed by atoms with E-state index in [1.165, 1.54) is 6.33 Å². The van der Waals surface area contributed by atoms with Crippen molar-refractivity contribution in [2.75, 3.05) is 18.0 Å². The first-order valence-electron chi connectivity index (χ1n) is 12.5. The second kappa shape index (κ2) is 9.90. The number of nitrogens with zero attached hydrogens (tertiary/aromatic N) is 10. The van der Waals surface area contributed by atoms with Crippen molar-refractivity contribution in [1.29, 1.82) is 5.26 Å². The van der Waals surface area contributed by atoms with E-state index >= 15 is 0 Å². The average Bonchev–Trinajstić information content (AvgIpc) is 3.39. The molecule has 0 saturated carbocycles. The van der Waals surface area contributed by atoms with Crippen LogP contribution < -0.4 is 4.90 Å². The largest absolute Gasteiger partial charge is 0.349 e. The van der Waals surface area contributed by atoms with Gasteiger partial charge in [-0.3, -0.25) is 24.3 Å². The van der Waals surface area contributed by atoms with Gasteiger partial charge in [0.1, 0.15) is 23.7 Å². The lowest BCUT2D eigenvalue weighted by Crippen LogP contribution is -2.58. The molecule has 39 heavy (non-hydrogen) atoms. The molecule has 5 aromatic heterocycles. The van der Waals surface area contributed by atoms with Crippen molar-refractivity contribution in [1.82, 2.24) is 39.4 Å². The summed E-state index contributed by atoms with van der Waals surface area (Å²) in [7, 11) is 0. The number of nitriles is 1. The van der Waals surface area contributed by atoms with Crippen molar-refractivity contribution in [3.8, 4) is 23.1 Å². The molecular weight excluding hydrogens is 492 g/mol. The van der Waals surface area contributed by atoms with E-state index in [9.17, 15) is 10.1 Å². The molecule has 0 aliphatic carbocycles. The normalized spacial score (nSPS) is 17.3. The molecule has 5 aromatic rings. The number of piperazine rings is 1. The second-order valence-corrected chi connectivity index (χ2v) is 9.44. The van der Waals surface area contributed by atoms with Crippen LogP contribution in [0.4, 0.5) is 5.82 Å². The van der Waals surface area contributed by atoms with Crippen molar-refractivity contribution >= 4 is 22.8 Å². The van der Waals surface area contributed by atoms with Crippen molar-refractivity contribution in [3.63, 3.8) is 0 Å². The molecule has 0 aromatic carbocycles. The molecule has 0 bridgehead atoms. The zero-order valence-corrected chi connectivity index (χ0v) is 21.4. The molecule has 11 nitrogen and oxygen atoms in total. The maximum absolute atomic E-state index is 13.2. The Morgan fingerprint density at radius 1 is 0.974 bits per heavy atom. The highest BCUT2D eigenvalue weighted by Gasteiger charge is 2.35. The summed E-state index contributed by atoms with van der Waals surface area (Å²) >= 11 is 0. The molecule has 6 heterocycles. The Balaban J connectivity index is 1.45. The maximum atomic E-state index is 13.2. The Bertz CT molecular complexity index is 1700. The van der Waals surface area contributed by atoms with Gasteiger partial charge in [0, 0.05) is 61.7 Å². The number of fused-ring (bicyclic) bond motifs is 1. The minimum absolute atomic E-state index is 0.0370. The average molecular weight is 517 g/mol. The Labute approximate surface area is 224 Å². The van der Waals surface area contributed by atoms with E-state index in [4.69, 9.17) is 4.98 Å². The fourth-order valence-electron chi connectivity index (χ4n) is 5.03. The molecular formula is C28H24N10O. The third kappa shape index (κ3) is 4.31. The number of carbonyl (C=O) groups excluding carboxylic acids is 1. The first-order valence-corrected chi connectivity index (χ1v) is 12.5. The molecule has 2 atom stereocenters. The summed E-state index contributed by atoms with van der Waals surface area (Å²) in [5, 5.41) is 10.2. The lowest BCUT2D eigenvalue weighted by Gasteiger charge is -2.44. The van der Waals surface area contributed by atoms with Crippen LogP contribution in [0.25, 0.3) is 28.1 Å². The first kappa shape index (κ1) is 24.1. The predicted octanol–water partition coefficient (Wildman–Crippen LogP) is 3.28. The molecule has 1 amide bonds. The molecule has 11 heteroatoms. The van der Waals surface area contributed by atoms with Gasteiger partial charge in [-0.25, -0.2) is 15.0 Å². The summed E-state index contributed by atoms with van der Waals surface area (Å²) in [6.07, 6.45) is 11.6. The van der Waals surface area contributed by atoms with Crippen LogP contribution in [0.3, 0.4) is 0 Å². The third-order valence-electron chi connectivity index (χ3n) is 6.93. The third-order valence-corrected chi connectivity index (χ3v) is 6.93. The zero-order chi connectivity index (χ0) is 26.9. The van der Waals surface area contributed by atoms with E-state index in [0.29, 0.717) is 41.5 Å². The number of anilines is 1. The van der Waals surface area contributed by atoms with E-state index < -0.39 is 0 Å². The Kier molecular flexibility index (Phi) is 6.13. The summed E-state index contributed by atoms with van der Waals surface area (Å²) in [5.41, 5.74) is 3.02. The van der Waals surface area contributed by atoms with E-state index in [2.05, 4.69) is 42.8 Å². The molecule has 1 aliphatic rings. The number of amides is 1.